The van der Waals surface area contributed by atoms with E-state index in [0.717, 1.165) is 23.1 Å². The van der Waals surface area contributed by atoms with E-state index >= 15 is 0 Å². The Morgan fingerprint density at radius 2 is 1.30 bits per heavy atom. The Morgan fingerprint density at radius 3 is 1.81 bits per heavy atom. The van der Waals surface area contributed by atoms with Crippen LogP contribution in [0.2, 0.25) is 0 Å². The Balaban J connectivity index is 1.76. The molecule has 27 heavy (non-hydrogen) atoms. The quantitative estimate of drug-likeness (QED) is 0.431. The number of hydrogen-bond acceptors (Lipinski definition) is 1. The number of rotatable bonds is 7. The number of halogens is 3. The fourth-order valence-electron chi connectivity index (χ4n) is 2.97. The molecule has 0 aliphatic carbocycles. The Bertz CT molecular complexity index is 871. The third-order valence-electron chi connectivity index (χ3n) is 4.47. The van der Waals surface area contributed by atoms with Gasteiger partial charge in [0.25, 0.3) is 0 Å². The zero-order valence-electron chi connectivity index (χ0n) is 15.1. The second kappa shape index (κ2) is 8.76. The predicted octanol–water partition coefficient (Wildman–Crippen LogP) is 7.10. The van der Waals surface area contributed by atoms with Gasteiger partial charge in [-0.05, 0) is 52.8 Å². The molecule has 3 aromatic rings. The normalized spacial score (nSPS) is 11.0. The molecule has 0 amide bonds. The van der Waals surface area contributed by atoms with Crippen LogP contribution in [-0.4, -0.2) is 6.61 Å². The molecule has 4 heteroatoms. The van der Waals surface area contributed by atoms with Crippen molar-refractivity contribution in [3.05, 3.63) is 78.1 Å². The maximum atomic E-state index is 13.9. The first-order chi connectivity index (χ1) is 13.1. The highest BCUT2D eigenvalue weighted by atomic mass is 19.3. The van der Waals surface area contributed by atoms with Crippen molar-refractivity contribution < 1.29 is 17.9 Å². The van der Waals surface area contributed by atoms with Crippen molar-refractivity contribution in [3.8, 4) is 28.0 Å². The molecule has 0 aliphatic rings. The third kappa shape index (κ3) is 4.91. The van der Waals surface area contributed by atoms with Crippen molar-refractivity contribution in [1.82, 2.24) is 0 Å². The van der Waals surface area contributed by atoms with E-state index in [1.165, 1.54) is 30.5 Å². The summed E-state index contributed by atoms with van der Waals surface area (Å²) in [6.07, 6.45) is 3.46. The number of ether oxygens (including phenoxy) is 1. The van der Waals surface area contributed by atoms with E-state index in [9.17, 15) is 13.2 Å². The van der Waals surface area contributed by atoms with Gasteiger partial charge in [0.05, 0.1) is 0 Å². The minimum Gasteiger partial charge on any atom is -0.432 e. The highest BCUT2D eigenvalue weighted by Crippen LogP contribution is 2.29. The lowest BCUT2D eigenvalue weighted by Gasteiger charge is -2.09. The first-order valence-electron chi connectivity index (χ1n) is 9.01. The second-order valence-electron chi connectivity index (χ2n) is 6.40. The second-order valence-corrected chi connectivity index (χ2v) is 6.40. The van der Waals surface area contributed by atoms with Gasteiger partial charge in [-0.2, -0.15) is 8.78 Å². The van der Waals surface area contributed by atoms with Gasteiger partial charge in [0.2, 0.25) is 0 Å². The summed E-state index contributed by atoms with van der Waals surface area (Å²) in [5.41, 5.74) is 4.93. The van der Waals surface area contributed by atoms with E-state index in [2.05, 4.69) is 35.9 Å². The van der Waals surface area contributed by atoms with E-state index in [1.54, 1.807) is 6.07 Å². The topological polar surface area (TPSA) is 9.23 Å². The van der Waals surface area contributed by atoms with Crippen LogP contribution >= 0.6 is 0 Å². The monoisotopic (exact) mass is 370 g/mol. The van der Waals surface area contributed by atoms with Crippen LogP contribution in [0.4, 0.5) is 13.2 Å². The molecule has 0 spiro atoms. The number of aryl methyl sites for hydroxylation is 1. The van der Waals surface area contributed by atoms with E-state index in [1.807, 2.05) is 24.3 Å². The number of hydrogen-bond donors (Lipinski definition) is 0. The summed E-state index contributed by atoms with van der Waals surface area (Å²) >= 11 is 0. The lowest BCUT2D eigenvalue weighted by molar-refractivity contribution is -0.0521. The van der Waals surface area contributed by atoms with E-state index in [0.29, 0.717) is 5.56 Å². The smallest absolute Gasteiger partial charge is 0.387 e. The average molecular weight is 370 g/mol. The van der Waals surface area contributed by atoms with Gasteiger partial charge in [-0.3, -0.25) is 0 Å². The van der Waals surface area contributed by atoms with E-state index in [-0.39, 0.29) is 0 Å². The molecular formula is C23H21F3O. The Morgan fingerprint density at radius 1 is 0.778 bits per heavy atom. The molecule has 140 valence electrons. The van der Waals surface area contributed by atoms with Crippen molar-refractivity contribution in [2.45, 2.75) is 32.8 Å². The van der Waals surface area contributed by atoms with E-state index in [4.69, 9.17) is 0 Å². The maximum Gasteiger partial charge on any atom is 0.387 e. The molecule has 0 aliphatic heterocycles. The van der Waals surface area contributed by atoms with Crippen molar-refractivity contribution in [1.29, 1.82) is 0 Å². The predicted molar refractivity (Wildman–Crippen MR) is 103 cm³/mol. The van der Waals surface area contributed by atoms with Gasteiger partial charge in [0.15, 0.2) is 11.6 Å². The summed E-state index contributed by atoms with van der Waals surface area (Å²) in [6, 6.07) is 20.2. The Labute approximate surface area is 157 Å². The third-order valence-corrected chi connectivity index (χ3v) is 4.47. The van der Waals surface area contributed by atoms with Gasteiger partial charge < -0.3 is 4.74 Å². The molecule has 0 heterocycles. The van der Waals surface area contributed by atoms with Crippen molar-refractivity contribution in [2.24, 2.45) is 0 Å². The average Bonchev–Trinajstić information content (AvgIpc) is 2.68. The maximum absolute atomic E-state index is 13.9. The number of unbranched alkanes of at least 4 members (excludes halogenated alkanes) is 1. The lowest BCUT2D eigenvalue weighted by atomic mass is 9.98. The molecule has 3 rings (SSSR count). The molecule has 0 fully saturated rings. The summed E-state index contributed by atoms with van der Waals surface area (Å²) in [7, 11) is 0. The molecular weight excluding hydrogens is 349 g/mol. The van der Waals surface area contributed by atoms with Crippen LogP contribution in [0.1, 0.15) is 25.3 Å². The van der Waals surface area contributed by atoms with Gasteiger partial charge >= 0.3 is 6.61 Å². The molecule has 0 unspecified atom stereocenters. The van der Waals surface area contributed by atoms with Crippen LogP contribution < -0.4 is 4.74 Å². The molecule has 0 atom stereocenters. The molecule has 0 saturated heterocycles. The Kier molecular flexibility index (Phi) is 6.17. The van der Waals surface area contributed by atoms with Crippen LogP contribution in [0.3, 0.4) is 0 Å². The van der Waals surface area contributed by atoms with Gasteiger partial charge in [-0.25, -0.2) is 4.39 Å². The summed E-state index contributed by atoms with van der Waals surface area (Å²) in [4.78, 5) is 0. The zero-order valence-corrected chi connectivity index (χ0v) is 15.1. The molecule has 0 aromatic heterocycles. The number of alkyl halides is 2. The minimum atomic E-state index is -3.04. The summed E-state index contributed by atoms with van der Waals surface area (Å²) in [5.74, 6) is -1.26. The molecule has 0 radical (unpaired) electrons. The minimum absolute atomic E-state index is 0.450. The van der Waals surface area contributed by atoms with Crippen molar-refractivity contribution in [2.75, 3.05) is 0 Å². The lowest BCUT2D eigenvalue weighted by Crippen LogP contribution is -2.03. The highest BCUT2D eigenvalue weighted by molar-refractivity contribution is 5.71. The summed E-state index contributed by atoms with van der Waals surface area (Å²) < 4.78 is 42.5. The van der Waals surface area contributed by atoms with Crippen LogP contribution in [0.25, 0.3) is 22.3 Å². The van der Waals surface area contributed by atoms with Gasteiger partial charge in [-0.15, -0.1) is 0 Å². The van der Waals surface area contributed by atoms with Gasteiger partial charge in [0.1, 0.15) is 0 Å². The molecule has 1 nitrogen and oxygen atoms in total. The molecule has 0 bridgehead atoms. The van der Waals surface area contributed by atoms with Crippen LogP contribution in [0.5, 0.6) is 5.75 Å². The molecule has 0 N–H and O–H groups in total. The standard InChI is InChI=1S/C23H21F3O/c1-2-3-4-16-5-7-17(8-6-16)18-9-11-19(12-10-18)20-13-14-22(21(24)15-20)27-23(25)26/h5-15,23H,2-4H2,1H3. The first kappa shape index (κ1) is 19.0. The van der Waals surface area contributed by atoms with Gasteiger partial charge in [-0.1, -0.05) is 67.9 Å². The largest absolute Gasteiger partial charge is 0.432 e. The fraction of sp³-hybridized carbons (Fsp3) is 0.217. The van der Waals surface area contributed by atoms with Crippen LogP contribution in [0, 0.1) is 5.82 Å². The SMILES string of the molecule is CCCCc1ccc(-c2ccc(-c3ccc(OC(F)F)c(F)c3)cc2)cc1. The zero-order chi connectivity index (χ0) is 19.2. The van der Waals surface area contributed by atoms with Crippen molar-refractivity contribution in [3.63, 3.8) is 0 Å². The first-order valence-corrected chi connectivity index (χ1v) is 9.01. The fourth-order valence-corrected chi connectivity index (χ4v) is 2.97. The highest BCUT2D eigenvalue weighted by Gasteiger charge is 2.11. The van der Waals surface area contributed by atoms with Crippen LogP contribution in [0.15, 0.2) is 66.7 Å². The number of benzene rings is 3. The van der Waals surface area contributed by atoms with E-state index < -0.39 is 18.2 Å². The summed E-state index contributed by atoms with van der Waals surface area (Å²) in [5, 5.41) is 0. The summed E-state index contributed by atoms with van der Waals surface area (Å²) in [6.45, 7) is -0.862. The van der Waals surface area contributed by atoms with Gasteiger partial charge in [0, 0.05) is 0 Å². The van der Waals surface area contributed by atoms with Crippen molar-refractivity contribution >= 4 is 0 Å². The van der Waals surface area contributed by atoms with Crippen LogP contribution in [-0.2, 0) is 6.42 Å². The Hall–Kier alpha value is -2.75. The molecule has 0 saturated carbocycles. The molecule has 3 aromatic carbocycles.